The first-order valence-corrected chi connectivity index (χ1v) is 7.43. The molecule has 3 rings (SSSR count). The summed E-state index contributed by atoms with van der Waals surface area (Å²) in [4.78, 5) is 18.3. The molecule has 6 heteroatoms. The second-order valence-corrected chi connectivity index (χ2v) is 5.87. The molecule has 0 saturated heterocycles. The Balaban J connectivity index is 1.83. The summed E-state index contributed by atoms with van der Waals surface area (Å²) in [6, 6.07) is 3.17. The highest BCUT2D eigenvalue weighted by atomic mass is 16.5. The molecule has 2 aromatic rings. The predicted octanol–water partition coefficient (Wildman–Crippen LogP) is 2.18. The minimum atomic E-state index is -0.505. The summed E-state index contributed by atoms with van der Waals surface area (Å²) in [6.07, 6.45) is 6.70. The summed E-state index contributed by atoms with van der Waals surface area (Å²) in [6.45, 7) is 2.22. The zero-order valence-electron chi connectivity index (χ0n) is 12.1. The molecular formula is C15H20N4O2. The molecule has 0 aromatic carbocycles. The lowest BCUT2D eigenvalue weighted by Crippen LogP contribution is -2.41. The maximum atomic E-state index is 11.3. The van der Waals surface area contributed by atoms with E-state index in [2.05, 4.69) is 22.0 Å². The van der Waals surface area contributed by atoms with Crippen molar-refractivity contribution < 1.29 is 4.52 Å². The third-order valence-electron chi connectivity index (χ3n) is 4.47. The van der Waals surface area contributed by atoms with E-state index in [1.54, 1.807) is 12.3 Å². The van der Waals surface area contributed by atoms with Crippen molar-refractivity contribution in [2.45, 2.75) is 44.6 Å². The van der Waals surface area contributed by atoms with E-state index < -0.39 is 5.54 Å². The van der Waals surface area contributed by atoms with Gasteiger partial charge in [-0.25, -0.2) is 0 Å². The number of rotatable bonds is 3. The molecule has 1 aliphatic rings. The van der Waals surface area contributed by atoms with Gasteiger partial charge >= 0.3 is 0 Å². The summed E-state index contributed by atoms with van der Waals surface area (Å²) in [5.41, 5.74) is 6.38. The molecule has 1 aliphatic carbocycles. The van der Waals surface area contributed by atoms with Gasteiger partial charge in [0.05, 0.1) is 5.54 Å². The molecule has 3 N–H and O–H groups in total. The fourth-order valence-electron chi connectivity index (χ4n) is 2.95. The zero-order valence-corrected chi connectivity index (χ0v) is 12.1. The first kappa shape index (κ1) is 14.0. The minimum Gasteiger partial charge on any atom is -0.334 e. The third kappa shape index (κ3) is 2.76. The zero-order chi connectivity index (χ0) is 14.9. The average Bonchev–Trinajstić information content (AvgIpc) is 2.99. The van der Waals surface area contributed by atoms with Gasteiger partial charge in [-0.1, -0.05) is 18.5 Å². The van der Waals surface area contributed by atoms with E-state index >= 15 is 0 Å². The SMILES string of the molecule is CCC1CCC(N)(c2noc(-c3cc[nH]c(=O)c3)n2)CC1. The topological polar surface area (TPSA) is 97.8 Å². The fourth-order valence-corrected chi connectivity index (χ4v) is 2.95. The van der Waals surface area contributed by atoms with Crippen molar-refractivity contribution in [3.8, 4) is 11.5 Å². The molecule has 1 fully saturated rings. The lowest BCUT2D eigenvalue weighted by atomic mass is 9.76. The number of H-pyrrole nitrogens is 1. The molecule has 112 valence electrons. The van der Waals surface area contributed by atoms with E-state index in [1.165, 1.54) is 12.5 Å². The van der Waals surface area contributed by atoms with E-state index in [-0.39, 0.29) is 5.56 Å². The van der Waals surface area contributed by atoms with Crippen LogP contribution in [0.1, 0.15) is 44.9 Å². The van der Waals surface area contributed by atoms with Gasteiger partial charge in [-0.3, -0.25) is 4.79 Å². The molecule has 0 spiro atoms. The Morgan fingerprint density at radius 3 is 2.90 bits per heavy atom. The highest BCUT2D eigenvalue weighted by molar-refractivity contribution is 5.51. The van der Waals surface area contributed by atoms with Crippen LogP contribution in [0.3, 0.4) is 0 Å². The van der Waals surface area contributed by atoms with Crippen LogP contribution in [-0.4, -0.2) is 15.1 Å². The quantitative estimate of drug-likeness (QED) is 0.902. The molecular weight excluding hydrogens is 268 g/mol. The Kier molecular flexibility index (Phi) is 3.63. The highest BCUT2D eigenvalue weighted by Gasteiger charge is 2.36. The lowest BCUT2D eigenvalue weighted by molar-refractivity contribution is 0.216. The van der Waals surface area contributed by atoms with Crippen molar-refractivity contribution in [1.82, 2.24) is 15.1 Å². The highest BCUT2D eigenvalue weighted by Crippen LogP contribution is 2.37. The third-order valence-corrected chi connectivity index (χ3v) is 4.47. The van der Waals surface area contributed by atoms with Crippen molar-refractivity contribution in [3.63, 3.8) is 0 Å². The minimum absolute atomic E-state index is 0.196. The van der Waals surface area contributed by atoms with E-state index in [4.69, 9.17) is 10.3 Å². The molecule has 0 unspecified atom stereocenters. The summed E-state index contributed by atoms with van der Waals surface area (Å²) >= 11 is 0. The number of pyridine rings is 1. The van der Waals surface area contributed by atoms with E-state index in [0.29, 0.717) is 17.3 Å². The van der Waals surface area contributed by atoms with Crippen LogP contribution in [0.25, 0.3) is 11.5 Å². The number of hydrogen-bond acceptors (Lipinski definition) is 5. The van der Waals surface area contributed by atoms with Crippen molar-refractivity contribution in [2.75, 3.05) is 0 Å². The normalized spacial score (nSPS) is 25.9. The van der Waals surface area contributed by atoms with Gasteiger partial charge in [-0.05, 0) is 37.7 Å². The van der Waals surface area contributed by atoms with Crippen LogP contribution in [0.5, 0.6) is 0 Å². The van der Waals surface area contributed by atoms with E-state index in [9.17, 15) is 4.79 Å². The molecule has 1 saturated carbocycles. The Hall–Kier alpha value is -1.95. The van der Waals surface area contributed by atoms with Crippen molar-refractivity contribution >= 4 is 0 Å². The number of hydrogen-bond donors (Lipinski definition) is 2. The molecule has 0 aliphatic heterocycles. The van der Waals surface area contributed by atoms with Gasteiger partial charge in [0, 0.05) is 17.8 Å². The van der Waals surface area contributed by atoms with Gasteiger partial charge in [0.15, 0.2) is 5.82 Å². The monoisotopic (exact) mass is 288 g/mol. The second kappa shape index (κ2) is 5.44. The van der Waals surface area contributed by atoms with Gasteiger partial charge < -0.3 is 15.2 Å². The first-order chi connectivity index (χ1) is 10.1. The Morgan fingerprint density at radius 2 is 2.24 bits per heavy atom. The van der Waals surface area contributed by atoms with Crippen LogP contribution in [0.2, 0.25) is 0 Å². The van der Waals surface area contributed by atoms with Crippen molar-refractivity contribution in [2.24, 2.45) is 11.7 Å². The number of nitrogens with two attached hydrogens (primary N) is 1. The number of aromatic amines is 1. The molecule has 6 nitrogen and oxygen atoms in total. The van der Waals surface area contributed by atoms with Crippen LogP contribution in [0.15, 0.2) is 27.6 Å². The maximum absolute atomic E-state index is 11.3. The lowest BCUT2D eigenvalue weighted by Gasteiger charge is -2.34. The summed E-state index contributed by atoms with van der Waals surface area (Å²) in [5.74, 6) is 1.65. The number of nitrogens with zero attached hydrogens (tertiary/aromatic N) is 2. The summed E-state index contributed by atoms with van der Waals surface area (Å²) < 4.78 is 5.28. The largest absolute Gasteiger partial charge is 0.334 e. The molecule has 2 aromatic heterocycles. The van der Waals surface area contributed by atoms with Crippen molar-refractivity contribution in [1.29, 1.82) is 0 Å². The van der Waals surface area contributed by atoms with E-state index in [0.717, 1.165) is 31.6 Å². The van der Waals surface area contributed by atoms with Crippen LogP contribution in [-0.2, 0) is 5.54 Å². The Bertz CT molecular complexity index is 668. The van der Waals surface area contributed by atoms with Crippen LogP contribution >= 0.6 is 0 Å². The molecule has 0 bridgehead atoms. The van der Waals surface area contributed by atoms with Crippen LogP contribution < -0.4 is 11.3 Å². The number of aromatic nitrogens is 3. The smallest absolute Gasteiger partial charge is 0.258 e. The fraction of sp³-hybridized carbons (Fsp3) is 0.533. The maximum Gasteiger partial charge on any atom is 0.258 e. The molecule has 0 amide bonds. The van der Waals surface area contributed by atoms with Crippen LogP contribution in [0, 0.1) is 5.92 Å². The standard InChI is InChI=1S/C15H20N4O2/c1-2-10-3-6-15(16,7-4-10)14-18-13(21-19-14)11-5-8-17-12(20)9-11/h5,8-10H,2-4,6-7,16H2,1H3,(H,17,20). The number of nitrogens with one attached hydrogen (secondary N) is 1. The molecule has 21 heavy (non-hydrogen) atoms. The Morgan fingerprint density at radius 1 is 1.48 bits per heavy atom. The van der Waals surface area contributed by atoms with E-state index in [1.807, 2.05) is 0 Å². The summed E-state index contributed by atoms with van der Waals surface area (Å²) in [5, 5.41) is 4.05. The first-order valence-electron chi connectivity index (χ1n) is 7.43. The van der Waals surface area contributed by atoms with Crippen molar-refractivity contribution in [3.05, 3.63) is 34.5 Å². The van der Waals surface area contributed by atoms with Gasteiger partial charge in [-0.15, -0.1) is 0 Å². The average molecular weight is 288 g/mol. The second-order valence-electron chi connectivity index (χ2n) is 5.87. The van der Waals surface area contributed by atoms with Gasteiger partial charge in [0.2, 0.25) is 5.56 Å². The summed E-state index contributed by atoms with van der Waals surface area (Å²) in [7, 11) is 0. The predicted molar refractivity (Wildman–Crippen MR) is 78.5 cm³/mol. The van der Waals surface area contributed by atoms with Gasteiger partial charge in [0.25, 0.3) is 5.89 Å². The molecule has 0 radical (unpaired) electrons. The van der Waals surface area contributed by atoms with Gasteiger partial charge in [-0.2, -0.15) is 4.98 Å². The Labute approximate surface area is 122 Å². The molecule has 2 heterocycles. The van der Waals surface area contributed by atoms with Gasteiger partial charge in [0.1, 0.15) is 0 Å². The molecule has 0 atom stereocenters. The van der Waals surface area contributed by atoms with Crippen LogP contribution in [0.4, 0.5) is 0 Å².